The molecule has 0 radical (unpaired) electrons. The van der Waals surface area contributed by atoms with E-state index in [1.54, 1.807) is 20.3 Å². The Bertz CT molecular complexity index is 1210. The molecule has 0 spiro atoms. The molecule has 0 saturated heterocycles. The monoisotopic (exact) mass is 491 g/mol. The minimum atomic E-state index is -0.617. The molecule has 2 aromatic carbocycles. The first-order valence-electron chi connectivity index (χ1n) is 12.0. The van der Waals surface area contributed by atoms with Crippen LogP contribution in [0.25, 0.3) is 0 Å². The summed E-state index contributed by atoms with van der Waals surface area (Å²) in [6.45, 7) is 6.29. The van der Waals surface area contributed by atoms with Crippen LogP contribution in [0, 0.1) is 5.41 Å². The predicted molar refractivity (Wildman–Crippen MR) is 136 cm³/mol. The molecule has 1 N–H and O–H groups in total. The van der Waals surface area contributed by atoms with Gasteiger partial charge >= 0.3 is 5.97 Å². The van der Waals surface area contributed by atoms with Crippen LogP contribution >= 0.6 is 0 Å². The van der Waals surface area contributed by atoms with Gasteiger partial charge in [0.15, 0.2) is 5.78 Å². The SMILES string of the molecule is COc1ccc([C@H]2C(C(=O)OCCOc3ccccc3)=C(C)NC3=C2C(=O)CC(C)(C)C3)c(OC)c1. The van der Waals surface area contributed by atoms with Crippen molar-refractivity contribution in [2.45, 2.75) is 39.5 Å². The number of carbonyl (C=O) groups is 2. The number of rotatable bonds is 8. The van der Waals surface area contributed by atoms with Crippen molar-refractivity contribution in [3.05, 3.63) is 76.6 Å². The van der Waals surface area contributed by atoms with Gasteiger partial charge in [-0.3, -0.25) is 4.79 Å². The number of carbonyl (C=O) groups excluding carboxylic acids is 2. The zero-order valence-corrected chi connectivity index (χ0v) is 21.5. The van der Waals surface area contributed by atoms with E-state index in [2.05, 4.69) is 19.2 Å². The van der Waals surface area contributed by atoms with Crippen molar-refractivity contribution in [2.75, 3.05) is 27.4 Å². The average molecular weight is 492 g/mol. The maximum Gasteiger partial charge on any atom is 0.336 e. The Labute approximate surface area is 212 Å². The maximum atomic E-state index is 13.5. The van der Waals surface area contributed by atoms with Gasteiger partial charge in [-0.15, -0.1) is 0 Å². The second kappa shape index (κ2) is 10.5. The molecule has 2 aliphatic rings. The van der Waals surface area contributed by atoms with Crippen molar-refractivity contribution in [1.29, 1.82) is 0 Å². The van der Waals surface area contributed by atoms with E-state index in [0.29, 0.717) is 52.5 Å². The Kier molecular flexibility index (Phi) is 7.38. The fourth-order valence-electron chi connectivity index (χ4n) is 4.96. The molecular weight excluding hydrogens is 458 g/mol. The topological polar surface area (TPSA) is 83.1 Å². The molecule has 0 unspecified atom stereocenters. The van der Waals surface area contributed by atoms with Crippen LogP contribution in [0.2, 0.25) is 0 Å². The van der Waals surface area contributed by atoms with Crippen LogP contribution in [-0.4, -0.2) is 39.2 Å². The van der Waals surface area contributed by atoms with E-state index >= 15 is 0 Å². The van der Waals surface area contributed by atoms with E-state index in [1.165, 1.54) is 0 Å². The Hall–Kier alpha value is -3.74. The number of dihydropyridines is 1. The maximum absolute atomic E-state index is 13.5. The lowest BCUT2D eigenvalue weighted by Crippen LogP contribution is -2.39. The van der Waals surface area contributed by atoms with Crippen molar-refractivity contribution in [1.82, 2.24) is 5.32 Å². The summed E-state index contributed by atoms with van der Waals surface area (Å²) in [6.07, 6.45) is 1.10. The lowest BCUT2D eigenvalue weighted by atomic mass is 9.68. The van der Waals surface area contributed by atoms with Gasteiger partial charge in [0.25, 0.3) is 0 Å². The third kappa shape index (κ3) is 5.25. The fraction of sp³-hybridized carbons (Fsp3) is 0.379. The van der Waals surface area contributed by atoms with Crippen LogP contribution in [0.3, 0.4) is 0 Å². The van der Waals surface area contributed by atoms with E-state index in [-0.39, 0.29) is 24.4 Å². The molecule has 1 aliphatic carbocycles. The normalized spacial score (nSPS) is 18.8. The number of allylic oxidation sites excluding steroid dienone is 3. The first-order valence-corrected chi connectivity index (χ1v) is 12.0. The molecule has 0 bridgehead atoms. The molecule has 0 amide bonds. The zero-order valence-electron chi connectivity index (χ0n) is 21.5. The fourth-order valence-corrected chi connectivity index (χ4v) is 4.96. The summed E-state index contributed by atoms with van der Waals surface area (Å²) < 4.78 is 22.3. The molecule has 4 rings (SSSR count). The van der Waals surface area contributed by atoms with Gasteiger partial charge < -0.3 is 24.3 Å². The molecule has 1 aliphatic heterocycles. The highest BCUT2D eigenvalue weighted by molar-refractivity contribution is 6.04. The van der Waals surface area contributed by atoms with Crippen LogP contribution in [0.5, 0.6) is 17.2 Å². The third-order valence-electron chi connectivity index (χ3n) is 6.54. The molecule has 190 valence electrons. The van der Waals surface area contributed by atoms with Gasteiger partial charge in [0.05, 0.1) is 25.7 Å². The smallest absolute Gasteiger partial charge is 0.336 e. The highest BCUT2D eigenvalue weighted by Crippen LogP contribution is 2.49. The molecule has 0 aromatic heterocycles. The second-order valence-electron chi connectivity index (χ2n) is 9.84. The first-order chi connectivity index (χ1) is 17.2. The van der Waals surface area contributed by atoms with Gasteiger partial charge in [-0.25, -0.2) is 4.79 Å². The first kappa shape index (κ1) is 25.4. The molecular formula is C29H33NO6. The summed E-state index contributed by atoms with van der Waals surface area (Å²) in [7, 11) is 3.15. The van der Waals surface area contributed by atoms with Crippen molar-refractivity contribution >= 4 is 11.8 Å². The minimum absolute atomic E-state index is 0.0156. The Balaban J connectivity index is 1.67. The average Bonchev–Trinajstić information content (AvgIpc) is 2.85. The van der Waals surface area contributed by atoms with Crippen LogP contribution in [-0.2, 0) is 14.3 Å². The van der Waals surface area contributed by atoms with Crippen molar-refractivity contribution in [3.8, 4) is 17.2 Å². The van der Waals surface area contributed by atoms with Crippen molar-refractivity contribution < 1.29 is 28.5 Å². The lowest BCUT2D eigenvalue weighted by Gasteiger charge is -2.39. The number of ether oxygens (including phenoxy) is 4. The van der Waals surface area contributed by atoms with Gasteiger partial charge in [0, 0.05) is 35.0 Å². The summed E-state index contributed by atoms with van der Waals surface area (Å²) in [5, 5.41) is 3.35. The highest BCUT2D eigenvalue weighted by atomic mass is 16.6. The van der Waals surface area contributed by atoms with Gasteiger partial charge in [0.1, 0.15) is 30.5 Å². The molecule has 7 nitrogen and oxygen atoms in total. The summed E-state index contributed by atoms with van der Waals surface area (Å²) in [6, 6.07) is 14.8. The summed E-state index contributed by atoms with van der Waals surface area (Å²) in [5.41, 5.74) is 3.04. The lowest BCUT2D eigenvalue weighted by molar-refractivity contribution is -0.140. The number of benzene rings is 2. The number of esters is 1. The number of Topliss-reactive ketones (excluding diaryl/α,β-unsaturated/α-hetero) is 1. The number of hydrogen-bond acceptors (Lipinski definition) is 7. The van der Waals surface area contributed by atoms with E-state index in [4.69, 9.17) is 18.9 Å². The zero-order chi connectivity index (χ0) is 25.9. The van der Waals surface area contributed by atoms with E-state index in [1.807, 2.05) is 49.4 Å². The molecule has 2 aromatic rings. The Morgan fingerprint density at radius 1 is 1.00 bits per heavy atom. The largest absolute Gasteiger partial charge is 0.497 e. The quantitative estimate of drug-likeness (QED) is 0.414. The van der Waals surface area contributed by atoms with E-state index in [9.17, 15) is 9.59 Å². The number of ketones is 1. The van der Waals surface area contributed by atoms with Crippen molar-refractivity contribution in [2.24, 2.45) is 5.41 Å². The highest BCUT2D eigenvalue weighted by Gasteiger charge is 2.44. The number of methoxy groups -OCH3 is 2. The summed E-state index contributed by atoms with van der Waals surface area (Å²) in [4.78, 5) is 26.9. The minimum Gasteiger partial charge on any atom is -0.497 e. The van der Waals surface area contributed by atoms with Crippen LogP contribution in [0.15, 0.2) is 71.1 Å². The molecule has 36 heavy (non-hydrogen) atoms. The van der Waals surface area contributed by atoms with Crippen molar-refractivity contribution in [3.63, 3.8) is 0 Å². The molecule has 0 saturated carbocycles. The molecule has 1 atom stereocenters. The Morgan fingerprint density at radius 3 is 2.44 bits per heavy atom. The third-order valence-corrected chi connectivity index (χ3v) is 6.54. The molecule has 0 fully saturated rings. The Morgan fingerprint density at radius 2 is 1.75 bits per heavy atom. The molecule has 1 heterocycles. The van der Waals surface area contributed by atoms with E-state index < -0.39 is 11.9 Å². The number of para-hydroxylation sites is 1. The van der Waals surface area contributed by atoms with Crippen LogP contribution in [0.1, 0.15) is 45.1 Å². The molecule has 7 heteroatoms. The second-order valence-corrected chi connectivity index (χ2v) is 9.84. The van der Waals surface area contributed by atoms with Gasteiger partial charge in [-0.1, -0.05) is 38.1 Å². The predicted octanol–water partition coefficient (Wildman–Crippen LogP) is 4.93. The standard InChI is InChI=1S/C29H33NO6/c1-18-25(28(32)36-14-13-35-19-9-7-6-8-10-19)26(21-12-11-20(33-4)15-24(21)34-5)27-22(30-18)16-29(2,3)17-23(27)31/h6-12,15,26,30H,13-14,16-17H2,1-5H3/t26-/m0/s1. The number of hydrogen-bond donors (Lipinski definition) is 1. The van der Waals surface area contributed by atoms with Crippen LogP contribution < -0.4 is 19.5 Å². The summed E-state index contributed by atoms with van der Waals surface area (Å²) >= 11 is 0. The number of nitrogens with one attached hydrogen (secondary N) is 1. The summed E-state index contributed by atoms with van der Waals surface area (Å²) in [5.74, 6) is 0.766. The van der Waals surface area contributed by atoms with Gasteiger partial charge in [-0.05, 0) is 37.0 Å². The van der Waals surface area contributed by atoms with E-state index in [0.717, 1.165) is 5.70 Å². The van der Waals surface area contributed by atoms with Gasteiger partial charge in [0.2, 0.25) is 0 Å². The van der Waals surface area contributed by atoms with Gasteiger partial charge in [-0.2, -0.15) is 0 Å². The van der Waals surface area contributed by atoms with Crippen LogP contribution in [0.4, 0.5) is 0 Å².